The molecule has 0 saturated carbocycles. The van der Waals surface area contributed by atoms with Crippen LogP contribution in [0.2, 0.25) is 0 Å². The number of sulfonamides is 1. The predicted octanol–water partition coefficient (Wildman–Crippen LogP) is 4.09. The van der Waals surface area contributed by atoms with E-state index in [-0.39, 0.29) is 16.3 Å². The Kier molecular flexibility index (Phi) is 5.99. The quantitative estimate of drug-likeness (QED) is 0.308. The summed E-state index contributed by atoms with van der Waals surface area (Å²) in [7, 11) is -4.01. The number of nitro benzene ring substituents is 1. The Hall–Kier alpha value is -4.32. The van der Waals surface area contributed by atoms with Crippen LogP contribution in [-0.4, -0.2) is 33.1 Å². The minimum atomic E-state index is -4.01. The Morgan fingerprint density at radius 1 is 1.03 bits per heavy atom. The largest absolute Gasteiger partial charge is 0.439 e. The van der Waals surface area contributed by atoms with Gasteiger partial charge in [0, 0.05) is 29.6 Å². The van der Waals surface area contributed by atoms with E-state index < -0.39 is 14.9 Å². The zero-order chi connectivity index (χ0) is 24.5. The molecule has 2 aromatic heterocycles. The number of non-ortho nitro benzene ring substituents is 1. The highest BCUT2D eigenvalue weighted by atomic mass is 32.2. The molecule has 0 aliphatic heterocycles. The van der Waals surface area contributed by atoms with Gasteiger partial charge in [-0.3, -0.25) is 14.8 Å². The van der Waals surface area contributed by atoms with Crippen molar-refractivity contribution in [1.82, 2.24) is 19.7 Å². The van der Waals surface area contributed by atoms with Gasteiger partial charge in [0.1, 0.15) is 12.1 Å². The summed E-state index contributed by atoms with van der Waals surface area (Å²) in [6.07, 6.45) is 1.37. The molecule has 4 rings (SSSR count). The van der Waals surface area contributed by atoms with Gasteiger partial charge in [0.15, 0.2) is 5.82 Å². The topological polar surface area (TPSA) is 142 Å². The molecule has 0 radical (unpaired) electrons. The van der Waals surface area contributed by atoms with Gasteiger partial charge in [-0.2, -0.15) is 5.10 Å². The molecular weight excluding hydrogens is 460 g/mol. The van der Waals surface area contributed by atoms with Gasteiger partial charge in [0.2, 0.25) is 5.88 Å². The van der Waals surface area contributed by atoms with E-state index in [2.05, 4.69) is 19.8 Å². The van der Waals surface area contributed by atoms with E-state index in [1.807, 2.05) is 20.8 Å². The molecule has 0 saturated heterocycles. The number of aryl methyl sites for hydroxylation is 1. The van der Waals surface area contributed by atoms with Gasteiger partial charge in [-0.1, -0.05) is 6.07 Å². The predicted molar refractivity (Wildman–Crippen MR) is 124 cm³/mol. The molecule has 4 aromatic rings. The van der Waals surface area contributed by atoms with Crippen molar-refractivity contribution in [1.29, 1.82) is 0 Å². The average molecular weight is 481 g/mol. The molecule has 0 bridgehead atoms. The van der Waals surface area contributed by atoms with Gasteiger partial charge in [0.25, 0.3) is 15.7 Å². The van der Waals surface area contributed by atoms with E-state index in [1.165, 1.54) is 36.7 Å². The van der Waals surface area contributed by atoms with E-state index >= 15 is 0 Å². The number of hydrogen-bond donors (Lipinski definition) is 1. The SMILES string of the molecule is Cc1nn(-c2cc(Oc3ccc(NS(=O)(=O)c4cccc([N+](=O)[O-])c4)cc3)ncn2)c(C)c1C. The van der Waals surface area contributed by atoms with Crippen LogP contribution >= 0.6 is 0 Å². The first-order valence-corrected chi connectivity index (χ1v) is 11.5. The van der Waals surface area contributed by atoms with Crippen LogP contribution in [-0.2, 0) is 10.0 Å². The third-order valence-electron chi connectivity index (χ3n) is 5.17. The van der Waals surface area contributed by atoms with Crippen LogP contribution in [0.15, 0.2) is 65.8 Å². The normalized spacial score (nSPS) is 11.3. The highest BCUT2D eigenvalue weighted by Gasteiger charge is 2.18. The fraction of sp³-hybridized carbons (Fsp3) is 0.136. The zero-order valence-corrected chi connectivity index (χ0v) is 19.3. The third-order valence-corrected chi connectivity index (χ3v) is 6.54. The fourth-order valence-electron chi connectivity index (χ4n) is 3.14. The van der Waals surface area contributed by atoms with Crippen LogP contribution < -0.4 is 9.46 Å². The summed E-state index contributed by atoms with van der Waals surface area (Å²) in [4.78, 5) is 18.4. The lowest BCUT2D eigenvalue weighted by molar-refractivity contribution is -0.385. The number of anilines is 1. The molecule has 1 N–H and O–H groups in total. The lowest BCUT2D eigenvalue weighted by Crippen LogP contribution is -2.13. The molecule has 0 fully saturated rings. The smallest absolute Gasteiger partial charge is 0.270 e. The van der Waals surface area contributed by atoms with Crippen LogP contribution in [0.3, 0.4) is 0 Å². The van der Waals surface area contributed by atoms with Gasteiger partial charge in [0.05, 0.1) is 15.5 Å². The van der Waals surface area contributed by atoms with Crippen molar-refractivity contribution in [3.63, 3.8) is 0 Å². The zero-order valence-electron chi connectivity index (χ0n) is 18.5. The van der Waals surface area contributed by atoms with Gasteiger partial charge < -0.3 is 4.74 Å². The standard InChI is InChI=1S/C22H20N6O5S/c1-14-15(2)25-27(16(14)3)21-12-22(24-13-23-21)33-19-9-7-17(8-10-19)26-34(31,32)20-6-4-5-18(11-20)28(29)30/h4-13,26H,1-3H3. The van der Waals surface area contributed by atoms with Gasteiger partial charge in [-0.05, 0) is 56.7 Å². The first-order chi connectivity index (χ1) is 16.1. The van der Waals surface area contributed by atoms with Crippen molar-refractivity contribution < 1.29 is 18.1 Å². The Morgan fingerprint density at radius 3 is 2.41 bits per heavy atom. The summed E-state index contributed by atoms with van der Waals surface area (Å²) in [5.41, 5.74) is 2.89. The fourth-order valence-corrected chi connectivity index (χ4v) is 4.23. The van der Waals surface area contributed by atoms with Crippen molar-refractivity contribution in [2.75, 3.05) is 4.72 Å². The number of nitrogens with one attached hydrogen (secondary N) is 1. The second-order valence-electron chi connectivity index (χ2n) is 7.41. The Bertz CT molecular complexity index is 1480. The second-order valence-corrected chi connectivity index (χ2v) is 9.09. The van der Waals surface area contributed by atoms with Crippen LogP contribution in [0.4, 0.5) is 11.4 Å². The van der Waals surface area contributed by atoms with Crippen LogP contribution in [0.5, 0.6) is 11.6 Å². The van der Waals surface area contributed by atoms with E-state index in [0.717, 1.165) is 23.0 Å². The highest BCUT2D eigenvalue weighted by Crippen LogP contribution is 2.25. The number of hydrogen-bond acceptors (Lipinski definition) is 8. The highest BCUT2D eigenvalue weighted by molar-refractivity contribution is 7.92. The number of nitro groups is 1. The van der Waals surface area contributed by atoms with Crippen molar-refractivity contribution in [3.05, 3.63) is 88.0 Å². The molecular formula is C22H20N6O5S. The lowest BCUT2D eigenvalue weighted by atomic mass is 10.2. The number of aromatic nitrogens is 4. The van der Waals surface area contributed by atoms with E-state index in [9.17, 15) is 18.5 Å². The van der Waals surface area contributed by atoms with Crippen molar-refractivity contribution >= 4 is 21.4 Å². The molecule has 12 heteroatoms. The Balaban J connectivity index is 1.50. The van der Waals surface area contributed by atoms with Crippen molar-refractivity contribution in [3.8, 4) is 17.4 Å². The summed E-state index contributed by atoms with van der Waals surface area (Å²) in [6, 6.07) is 12.6. The lowest BCUT2D eigenvalue weighted by Gasteiger charge is -2.10. The minimum Gasteiger partial charge on any atom is -0.439 e. The molecule has 2 aromatic carbocycles. The summed E-state index contributed by atoms with van der Waals surface area (Å²) in [6.45, 7) is 5.86. The molecule has 174 valence electrons. The maximum absolute atomic E-state index is 12.6. The van der Waals surface area contributed by atoms with Crippen LogP contribution in [0.25, 0.3) is 5.82 Å². The maximum atomic E-state index is 12.6. The average Bonchev–Trinajstić information content (AvgIpc) is 3.08. The molecule has 0 aliphatic carbocycles. The van der Waals surface area contributed by atoms with E-state index in [0.29, 0.717) is 17.4 Å². The Labute approximate surface area is 195 Å². The van der Waals surface area contributed by atoms with Gasteiger partial charge >= 0.3 is 0 Å². The monoisotopic (exact) mass is 480 g/mol. The van der Waals surface area contributed by atoms with Crippen LogP contribution in [0.1, 0.15) is 17.0 Å². The molecule has 0 spiro atoms. The number of nitrogens with zero attached hydrogens (tertiary/aromatic N) is 5. The summed E-state index contributed by atoms with van der Waals surface area (Å²) >= 11 is 0. The maximum Gasteiger partial charge on any atom is 0.270 e. The molecule has 0 atom stereocenters. The summed E-state index contributed by atoms with van der Waals surface area (Å²) in [5.74, 6) is 1.27. The third kappa shape index (κ3) is 4.71. The van der Waals surface area contributed by atoms with Crippen molar-refractivity contribution in [2.24, 2.45) is 0 Å². The molecule has 34 heavy (non-hydrogen) atoms. The minimum absolute atomic E-state index is 0.213. The molecule has 0 unspecified atom stereocenters. The van der Waals surface area contributed by atoms with E-state index in [4.69, 9.17) is 4.74 Å². The second kappa shape index (κ2) is 8.90. The molecule has 11 nitrogen and oxygen atoms in total. The number of rotatable bonds is 7. The van der Waals surface area contributed by atoms with E-state index in [1.54, 1.807) is 22.9 Å². The van der Waals surface area contributed by atoms with Gasteiger partial charge in [-0.25, -0.2) is 23.1 Å². The van der Waals surface area contributed by atoms with Crippen LogP contribution in [0, 0.1) is 30.9 Å². The molecule has 0 aliphatic rings. The first-order valence-electron chi connectivity index (χ1n) is 10.0. The van der Waals surface area contributed by atoms with Crippen molar-refractivity contribution in [2.45, 2.75) is 25.7 Å². The number of benzene rings is 2. The summed E-state index contributed by atoms with van der Waals surface area (Å²) in [5, 5.41) is 15.4. The van der Waals surface area contributed by atoms with Gasteiger partial charge in [-0.15, -0.1) is 0 Å². The summed E-state index contributed by atoms with van der Waals surface area (Å²) < 4.78 is 35.1. The molecule has 2 heterocycles. The Morgan fingerprint density at radius 2 is 1.76 bits per heavy atom. The number of ether oxygens (including phenoxy) is 1. The first kappa shape index (κ1) is 22.9. The molecule has 0 amide bonds.